The fourth-order valence-electron chi connectivity index (χ4n) is 3.58. The lowest BCUT2D eigenvalue weighted by Gasteiger charge is -2.25. The Bertz CT molecular complexity index is 1230. The number of rotatable bonds is 9. The SMILES string of the molecule is CS(=O)(=O)N(CC(=O)NCc1ccc(S(=O)(=O)N2CCCCC2)cc1)Cc1ccc(Cl)c(Cl)c1. The predicted molar refractivity (Wildman–Crippen MR) is 133 cm³/mol. The Morgan fingerprint density at radius 1 is 0.941 bits per heavy atom. The van der Waals surface area contributed by atoms with Gasteiger partial charge in [0.15, 0.2) is 0 Å². The number of halogens is 2. The second-order valence-electron chi connectivity index (χ2n) is 8.16. The summed E-state index contributed by atoms with van der Waals surface area (Å²) in [4.78, 5) is 12.7. The number of benzene rings is 2. The molecule has 1 heterocycles. The normalized spacial score (nSPS) is 15.4. The second kappa shape index (κ2) is 11.4. The van der Waals surface area contributed by atoms with E-state index in [9.17, 15) is 21.6 Å². The molecule has 1 fully saturated rings. The van der Waals surface area contributed by atoms with Crippen LogP contribution in [0.4, 0.5) is 0 Å². The average Bonchev–Trinajstić information content (AvgIpc) is 2.80. The first kappa shape index (κ1) is 26.9. The van der Waals surface area contributed by atoms with Crippen molar-refractivity contribution in [2.45, 2.75) is 37.2 Å². The van der Waals surface area contributed by atoms with Crippen LogP contribution in [0.2, 0.25) is 10.0 Å². The van der Waals surface area contributed by atoms with Gasteiger partial charge in [0.1, 0.15) is 0 Å². The van der Waals surface area contributed by atoms with Crippen LogP contribution in [0, 0.1) is 0 Å². The average molecular weight is 549 g/mol. The van der Waals surface area contributed by atoms with Gasteiger partial charge in [-0.1, -0.05) is 47.8 Å². The zero-order valence-corrected chi connectivity index (χ0v) is 21.9. The Hall–Kier alpha value is -1.69. The van der Waals surface area contributed by atoms with Gasteiger partial charge in [-0.2, -0.15) is 8.61 Å². The Morgan fingerprint density at radius 2 is 1.56 bits per heavy atom. The van der Waals surface area contributed by atoms with Crippen LogP contribution in [0.5, 0.6) is 0 Å². The third-order valence-corrected chi connectivity index (χ3v) is 9.35. The van der Waals surface area contributed by atoms with E-state index in [1.54, 1.807) is 30.3 Å². The van der Waals surface area contributed by atoms with Gasteiger partial charge < -0.3 is 5.32 Å². The number of carbonyl (C=O) groups is 1. The van der Waals surface area contributed by atoms with Crippen LogP contribution in [0.1, 0.15) is 30.4 Å². The van der Waals surface area contributed by atoms with E-state index < -0.39 is 26.0 Å². The molecule has 0 unspecified atom stereocenters. The van der Waals surface area contributed by atoms with E-state index in [2.05, 4.69) is 5.32 Å². The van der Waals surface area contributed by atoms with Crippen molar-refractivity contribution >= 4 is 49.2 Å². The quantitative estimate of drug-likeness (QED) is 0.518. The van der Waals surface area contributed by atoms with Crippen molar-refractivity contribution in [1.29, 1.82) is 0 Å². The first-order valence-corrected chi connectivity index (χ1v) is 14.8. The first-order valence-electron chi connectivity index (χ1n) is 10.7. The highest BCUT2D eigenvalue weighted by atomic mass is 35.5. The maximum absolute atomic E-state index is 12.7. The van der Waals surface area contributed by atoms with Crippen molar-refractivity contribution < 1.29 is 21.6 Å². The summed E-state index contributed by atoms with van der Waals surface area (Å²) in [5, 5.41) is 3.32. The molecule has 8 nitrogen and oxygen atoms in total. The van der Waals surface area contributed by atoms with E-state index in [1.165, 1.54) is 16.4 Å². The van der Waals surface area contributed by atoms with Gasteiger partial charge in [-0.15, -0.1) is 0 Å². The molecule has 1 saturated heterocycles. The van der Waals surface area contributed by atoms with Gasteiger partial charge in [-0.3, -0.25) is 4.79 Å². The van der Waals surface area contributed by atoms with Crippen molar-refractivity contribution in [3.8, 4) is 0 Å². The maximum Gasteiger partial charge on any atom is 0.243 e. The van der Waals surface area contributed by atoms with Crippen LogP contribution >= 0.6 is 23.2 Å². The molecule has 3 rings (SSSR count). The molecule has 1 N–H and O–H groups in total. The summed E-state index contributed by atoms with van der Waals surface area (Å²) in [7, 11) is -7.19. The van der Waals surface area contributed by atoms with Gasteiger partial charge >= 0.3 is 0 Å². The summed E-state index contributed by atoms with van der Waals surface area (Å²) in [5.74, 6) is -0.490. The van der Waals surface area contributed by atoms with Crippen LogP contribution < -0.4 is 5.32 Å². The van der Waals surface area contributed by atoms with Crippen LogP contribution in [-0.4, -0.2) is 57.2 Å². The predicted octanol–water partition coefficient (Wildman–Crippen LogP) is 3.25. The van der Waals surface area contributed by atoms with Crippen LogP contribution in [-0.2, 0) is 37.9 Å². The number of amides is 1. The van der Waals surface area contributed by atoms with Gasteiger partial charge in [-0.25, -0.2) is 16.8 Å². The highest BCUT2D eigenvalue weighted by Crippen LogP contribution is 2.24. The monoisotopic (exact) mass is 547 g/mol. The second-order valence-corrected chi connectivity index (χ2v) is 12.9. The Labute approximate surface area is 210 Å². The van der Waals surface area contributed by atoms with E-state index in [-0.39, 0.29) is 24.5 Å². The highest BCUT2D eigenvalue weighted by molar-refractivity contribution is 7.89. The van der Waals surface area contributed by atoms with Crippen LogP contribution in [0.15, 0.2) is 47.4 Å². The number of hydrogen-bond donors (Lipinski definition) is 1. The number of carbonyl (C=O) groups excluding carboxylic acids is 1. The number of nitrogens with one attached hydrogen (secondary N) is 1. The van der Waals surface area contributed by atoms with E-state index in [1.807, 2.05) is 0 Å². The zero-order chi connectivity index (χ0) is 24.9. The Morgan fingerprint density at radius 3 is 2.15 bits per heavy atom. The van der Waals surface area contributed by atoms with E-state index in [0.29, 0.717) is 34.3 Å². The molecule has 2 aromatic carbocycles. The molecule has 0 saturated carbocycles. The molecule has 1 aliphatic heterocycles. The summed E-state index contributed by atoms with van der Waals surface area (Å²) in [6.07, 6.45) is 3.78. The van der Waals surface area contributed by atoms with Gasteiger partial charge in [-0.05, 0) is 48.2 Å². The molecule has 2 aromatic rings. The molecule has 34 heavy (non-hydrogen) atoms. The number of piperidine rings is 1. The van der Waals surface area contributed by atoms with E-state index in [4.69, 9.17) is 23.2 Å². The highest BCUT2D eigenvalue weighted by Gasteiger charge is 2.26. The molecule has 0 bridgehead atoms. The largest absolute Gasteiger partial charge is 0.351 e. The number of sulfonamides is 2. The third kappa shape index (κ3) is 7.16. The van der Waals surface area contributed by atoms with Gasteiger partial charge in [0.05, 0.1) is 27.7 Å². The molecule has 186 valence electrons. The van der Waals surface area contributed by atoms with Crippen LogP contribution in [0.3, 0.4) is 0 Å². The van der Waals surface area contributed by atoms with E-state index in [0.717, 1.165) is 29.8 Å². The molecular formula is C22H27Cl2N3O5S2. The summed E-state index contributed by atoms with van der Waals surface area (Å²) in [6, 6.07) is 11.1. The zero-order valence-electron chi connectivity index (χ0n) is 18.7. The van der Waals surface area contributed by atoms with Crippen molar-refractivity contribution in [1.82, 2.24) is 13.9 Å². The van der Waals surface area contributed by atoms with Crippen LogP contribution in [0.25, 0.3) is 0 Å². The van der Waals surface area contributed by atoms with Gasteiger partial charge in [0, 0.05) is 26.2 Å². The standard InChI is InChI=1S/C22H27Cl2N3O5S2/c1-33(29,30)27(15-18-7-10-20(23)21(24)13-18)16-22(28)25-14-17-5-8-19(9-6-17)34(31,32)26-11-3-2-4-12-26/h5-10,13H,2-4,11-12,14-16H2,1H3,(H,25,28). The molecule has 1 aliphatic rings. The molecule has 0 aromatic heterocycles. The lowest BCUT2D eigenvalue weighted by Crippen LogP contribution is -2.39. The Kier molecular flexibility index (Phi) is 8.99. The third-order valence-electron chi connectivity index (χ3n) is 5.50. The molecule has 0 atom stereocenters. The summed E-state index contributed by atoms with van der Waals surface area (Å²) in [6.45, 7) is 0.776. The molecule has 0 radical (unpaired) electrons. The molecular weight excluding hydrogens is 521 g/mol. The van der Waals surface area contributed by atoms with Crippen molar-refractivity contribution in [3.05, 3.63) is 63.6 Å². The fraction of sp³-hybridized carbons (Fsp3) is 0.409. The minimum Gasteiger partial charge on any atom is -0.351 e. The topological polar surface area (TPSA) is 104 Å². The van der Waals surface area contributed by atoms with Gasteiger partial charge in [0.25, 0.3) is 0 Å². The first-order chi connectivity index (χ1) is 16.0. The summed E-state index contributed by atoms with van der Waals surface area (Å²) in [5.41, 5.74) is 1.29. The lowest BCUT2D eigenvalue weighted by molar-refractivity contribution is -0.121. The molecule has 0 spiro atoms. The summed E-state index contributed by atoms with van der Waals surface area (Å²) < 4.78 is 52.4. The van der Waals surface area contributed by atoms with Crippen molar-refractivity contribution in [2.24, 2.45) is 0 Å². The van der Waals surface area contributed by atoms with Crippen molar-refractivity contribution in [3.63, 3.8) is 0 Å². The minimum atomic E-state index is -3.67. The minimum absolute atomic E-state index is 0.0355. The lowest BCUT2D eigenvalue weighted by atomic mass is 10.2. The van der Waals surface area contributed by atoms with Crippen molar-refractivity contribution in [2.75, 3.05) is 25.9 Å². The number of hydrogen-bond acceptors (Lipinski definition) is 5. The summed E-state index contributed by atoms with van der Waals surface area (Å²) >= 11 is 11.9. The maximum atomic E-state index is 12.7. The fourth-order valence-corrected chi connectivity index (χ4v) is 6.16. The molecule has 0 aliphatic carbocycles. The molecule has 12 heteroatoms. The molecule has 1 amide bonds. The smallest absolute Gasteiger partial charge is 0.243 e. The van der Waals surface area contributed by atoms with E-state index >= 15 is 0 Å². The Balaban J connectivity index is 1.59. The van der Waals surface area contributed by atoms with Gasteiger partial charge in [0.2, 0.25) is 26.0 Å². The number of nitrogens with zero attached hydrogens (tertiary/aromatic N) is 2.